The number of aryl methyl sites for hydroxylation is 1. The molecule has 0 unspecified atom stereocenters. The van der Waals surface area contributed by atoms with Crippen molar-refractivity contribution in [3.05, 3.63) is 47.7 Å². The van der Waals surface area contributed by atoms with Crippen molar-refractivity contribution < 1.29 is 19.4 Å². The number of ether oxygens (including phenoxy) is 2. The molecule has 2 aromatic rings. The van der Waals surface area contributed by atoms with Crippen LogP contribution in [0.2, 0.25) is 0 Å². The summed E-state index contributed by atoms with van der Waals surface area (Å²) in [5.41, 5.74) is 0.940. The first-order valence-electron chi connectivity index (χ1n) is 6.61. The van der Waals surface area contributed by atoms with Crippen LogP contribution in [0.25, 0.3) is 0 Å². The summed E-state index contributed by atoms with van der Waals surface area (Å²) in [5, 5.41) is 9.25. The van der Waals surface area contributed by atoms with E-state index in [1.807, 2.05) is 20.8 Å². The van der Waals surface area contributed by atoms with Crippen LogP contribution in [0.15, 0.2) is 36.5 Å². The zero-order valence-corrected chi connectivity index (χ0v) is 12.2. The Labute approximate surface area is 123 Å². The first-order chi connectivity index (χ1) is 9.97. The molecule has 0 spiro atoms. The van der Waals surface area contributed by atoms with Gasteiger partial charge in [-0.25, -0.2) is 9.78 Å². The molecule has 0 bridgehead atoms. The lowest BCUT2D eigenvalue weighted by Crippen LogP contribution is -2.07. The minimum absolute atomic E-state index is 0.0338. The van der Waals surface area contributed by atoms with Crippen LogP contribution in [0.3, 0.4) is 0 Å². The Balaban J connectivity index is 2.37. The zero-order chi connectivity index (χ0) is 15.4. The Morgan fingerprint density at radius 3 is 2.67 bits per heavy atom. The van der Waals surface area contributed by atoms with Gasteiger partial charge < -0.3 is 14.6 Å². The van der Waals surface area contributed by atoms with E-state index in [4.69, 9.17) is 9.47 Å². The minimum atomic E-state index is -1.05. The van der Waals surface area contributed by atoms with E-state index in [0.29, 0.717) is 5.75 Å². The van der Waals surface area contributed by atoms with E-state index in [9.17, 15) is 9.90 Å². The van der Waals surface area contributed by atoms with Gasteiger partial charge in [0.25, 0.3) is 5.88 Å². The topological polar surface area (TPSA) is 68.7 Å². The molecule has 5 nitrogen and oxygen atoms in total. The predicted octanol–water partition coefficient (Wildman–Crippen LogP) is 3.67. The largest absolute Gasteiger partial charge is 0.485 e. The van der Waals surface area contributed by atoms with Crippen LogP contribution < -0.4 is 9.47 Å². The summed E-state index contributed by atoms with van der Waals surface area (Å²) in [6.45, 7) is 5.61. The average Bonchev–Trinajstić information content (AvgIpc) is 2.42. The third-order valence-electron chi connectivity index (χ3n) is 2.67. The van der Waals surface area contributed by atoms with Crippen molar-refractivity contribution in [3.63, 3.8) is 0 Å². The van der Waals surface area contributed by atoms with Crippen molar-refractivity contribution >= 4 is 5.97 Å². The molecule has 0 fully saturated rings. The summed E-state index contributed by atoms with van der Waals surface area (Å²) >= 11 is 0. The molecular weight excluding hydrogens is 270 g/mol. The highest BCUT2D eigenvalue weighted by Gasteiger charge is 2.15. The molecule has 0 aliphatic rings. The van der Waals surface area contributed by atoms with E-state index in [-0.39, 0.29) is 23.3 Å². The standard InChI is InChI=1S/C16H17NO4/c1-10(2)20-14-5-4-8-17-15(14)21-13-7-6-11(3)9-12(13)16(18)19/h4-10H,1-3H3,(H,18,19). The van der Waals surface area contributed by atoms with Crippen LogP contribution >= 0.6 is 0 Å². The normalized spacial score (nSPS) is 10.5. The van der Waals surface area contributed by atoms with Crippen molar-refractivity contribution in [2.75, 3.05) is 0 Å². The second-order valence-electron chi connectivity index (χ2n) is 4.88. The van der Waals surface area contributed by atoms with E-state index in [0.717, 1.165) is 5.56 Å². The molecule has 110 valence electrons. The molecule has 1 aromatic heterocycles. The van der Waals surface area contributed by atoms with Crippen molar-refractivity contribution in [1.29, 1.82) is 0 Å². The van der Waals surface area contributed by atoms with Gasteiger partial charge in [0.05, 0.1) is 6.10 Å². The number of hydrogen-bond donors (Lipinski definition) is 1. The number of rotatable bonds is 5. The van der Waals surface area contributed by atoms with E-state index in [1.54, 1.807) is 36.5 Å². The van der Waals surface area contributed by atoms with Gasteiger partial charge in [-0.1, -0.05) is 11.6 Å². The number of benzene rings is 1. The fourth-order valence-electron chi connectivity index (χ4n) is 1.80. The average molecular weight is 287 g/mol. The van der Waals surface area contributed by atoms with Crippen molar-refractivity contribution in [3.8, 4) is 17.4 Å². The lowest BCUT2D eigenvalue weighted by atomic mass is 10.1. The summed E-state index contributed by atoms with van der Waals surface area (Å²) in [4.78, 5) is 15.4. The lowest BCUT2D eigenvalue weighted by Gasteiger charge is -2.14. The maximum absolute atomic E-state index is 11.3. The lowest BCUT2D eigenvalue weighted by molar-refractivity contribution is 0.0693. The summed E-state index contributed by atoms with van der Waals surface area (Å²) in [7, 11) is 0. The highest BCUT2D eigenvalue weighted by Crippen LogP contribution is 2.31. The maximum Gasteiger partial charge on any atom is 0.339 e. The molecule has 0 aliphatic heterocycles. The quantitative estimate of drug-likeness (QED) is 0.908. The zero-order valence-electron chi connectivity index (χ0n) is 12.2. The molecule has 0 atom stereocenters. The molecule has 0 radical (unpaired) electrons. The Hall–Kier alpha value is -2.56. The number of carboxylic acid groups (broad SMARTS) is 1. The number of hydrogen-bond acceptors (Lipinski definition) is 4. The summed E-state index contributed by atoms with van der Waals surface area (Å²) < 4.78 is 11.2. The SMILES string of the molecule is Cc1ccc(Oc2ncccc2OC(C)C)c(C(=O)O)c1. The molecule has 0 aliphatic carbocycles. The molecule has 5 heteroatoms. The third-order valence-corrected chi connectivity index (χ3v) is 2.67. The van der Waals surface area contributed by atoms with Crippen LogP contribution in [-0.4, -0.2) is 22.2 Å². The fraction of sp³-hybridized carbons (Fsp3) is 0.250. The second kappa shape index (κ2) is 6.26. The number of aromatic carboxylic acids is 1. The van der Waals surface area contributed by atoms with E-state index >= 15 is 0 Å². The summed E-state index contributed by atoms with van der Waals surface area (Å²) in [6, 6.07) is 8.43. The number of carbonyl (C=O) groups is 1. The highest BCUT2D eigenvalue weighted by atomic mass is 16.5. The number of carboxylic acids is 1. The van der Waals surface area contributed by atoms with Gasteiger partial charge in [-0.15, -0.1) is 0 Å². The first kappa shape index (κ1) is 14.8. The Morgan fingerprint density at radius 2 is 2.00 bits per heavy atom. The van der Waals surface area contributed by atoms with Crippen molar-refractivity contribution in [2.45, 2.75) is 26.9 Å². The maximum atomic E-state index is 11.3. The third kappa shape index (κ3) is 3.72. The second-order valence-corrected chi connectivity index (χ2v) is 4.88. The van der Waals surface area contributed by atoms with Gasteiger partial charge in [-0.05, 0) is 45.0 Å². The van der Waals surface area contributed by atoms with Crippen LogP contribution in [0.4, 0.5) is 0 Å². The van der Waals surface area contributed by atoms with Gasteiger partial charge in [-0.3, -0.25) is 0 Å². The van der Waals surface area contributed by atoms with E-state index in [2.05, 4.69) is 4.98 Å². The van der Waals surface area contributed by atoms with E-state index in [1.165, 1.54) is 0 Å². The summed E-state index contributed by atoms with van der Waals surface area (Å²) in [6.07, 6.45) is 1.53. The Kier molecular flexibility index (Phi) is 4.42. The van der Waals surface area contributed by atoms with Gasteiger partial charge in [0.2, 0.25) is 0 Å². The van der Waals surface area contributed by atoms with Gasteiger partial charge >= 0.3 is 5.97 Å². The molecule has 0 saturated heterocycles. The highest BCUT2D eigenvalue weighted by molar-refractivity contribution is 5.91. The van der Waals surface area contributed by atoms with Crippen LogP contribution in [0.1, 0.15) is 29.8 Å². The van der Waals surface area contributed by atoms with Gasteiger partial charge in [-0.2, -0.15) is 0 Å². The van der Waals surface area contributed by atoms with Gasteiger partial charge in [0.1, 0.15) is 11.3 Å². The van der Waals surface area contributed by atoms with E-state index < -0.39 is 5.97 Å². The molecule has 0 saturated carbocycles. The van der Waals surface area contributed by atoms with Crippen LogP contribution in [0.5, 0.6) is 17.4 Å². The monoisotopic (exact) mass is 287 g/mol. The molecular formula is C16H17NO4. The Bertz CT molecular complexity index is 652. The molecule has 2 rings (SSSR count). The number of nitrogens with zero attached hydrogens (tertiary/aromatic N) is 1. The van der Waals surface area contributed by atoms with Crippen molar-refractivity contribution in [2.24, 2.45) is 0 Å². The molecule has 21 heavy (non-hydrogen) atoms. The van der Waals surface area contributed by atoms with Crippen molar-refractivity contribution in [1.82, 2.24) is 4.98 Å². The smallest absolute Gasteiger partial charge is 0.339 e. The molecule has 1 aromatic carbocycles. The summed E-state index contributed by atoms with van der Waals surface area (Å²) in [5.74, 6) is -0.0849. The van der Waals surface area contributed by atoms with Crippen LogP contribution in [-0.2, 0) is 0 Å². The molecule has 0 amide bonds. The Morgan fingerprint density at radius 1 is 1.24 bits per heavy atom. The van der Waals surface area contributed by atoms with Crippen LogP contribution in [0, 0.1) is 6.92 Å². The fourth-order valence-corrected chi connectivity index (χ4v) is 1.80. The van der Waals surface area contributed by atoms with Gasteiger partial charge in [0, 0.05) is 6.20 Å². The number of aromatic nitrogens is 1. The number of pyridine rings is 1. The molecule has 1 heterocycles. The first-order valence-corrected chi connectivity index (χ1v) is 6.61. The van der Waals surface area contributed by atoms with Gasteiger partial charge in [0.15, 0.2) is 5.75 Å². The minimum Gasteiger partial charge on any atom is -0.485 e. The predicted molar refractivity (Wildman–Crippen MR) is 78.2 cm³/mol. The molecule has 1 N–H and O–H groups in total.